The van der Waals surface area contributed by atoms with Gasteiger partial charge < -0.3 is 0 Å². The van der Waals surface area contributed by atoms with Crippen molar-refractivity contribution in [3.63, 3.8) is 0 Å². The maximum Gasteiger partial charge on any atom is 0.156 e. The van der Waals surface area contributed by atoms with Gasteiger partial charge >= 0.3 is 0 Å². The van der Waals surface area contributed by atoms with E-state index in [-0.39, 0.29) is 16.2 Å². The first-order valence-electron chi connectivity index (χ1n) is 28.7. The molecule has 3 aliphatic carbocycles. The molecule has 0 unspecified atom stereocenters. The van der Waals surface area contributed by atoms with E-state index in [0.29, 0.717) is 0 Å². The molecule has 6 nitrogen and oxygen atoms in total. The van der Waals surface area contributed by atoms with E-state index in [1.807, 2.05) is 12.4 Å². The van der Waals surface area contributed by atoms with Gasteiger partial charge in [0.2, 0.25) is 0 Å². The van der Waals surface area contributed by atoms with Crippen molar-refractivity contribution < 1.29 is 0 Å². The van der Waals surface area contributed by atoms with Crippen molar-refractivity contribution in [2.75, 3.05) is 9.80 Å². The Hall–Kier alpha value is -10.0. The van der Waals surface area contributed by atoms with Gasteiger partial charge in [0.1, 0.15) is 0 Å². The Balaban J connectivity index is 0.665. The summed E-state index contributed by atoms with van der Waals surface area (Å²) in [5.41, 5.74) is 24.1. The summed E-state index contributed by atoms with van der Waals surface area (Å²) < 4.78 is 0. The Morgan fingerprint density at radius 1 is 0.289 bits per heavy atom. The summed E-state index contributed by atoms with van der Waals surface area (Å²) in [6.07, 6.45) is 19.8. The van der Waals surface area contributed by atoms with Crippen LogP contribution < -0.4 is 9.80 Å². The predicted molar refractivity (Wildman–Crippen MR) is 345 cm³/mol. The lowest BCUT2D eigenvalue weighted by Gasteiger charge is -2.27. The van der Waals surface area contributed by atoms with E-state index in [1.54, 1.807) is 24.8 Å². The molecule has 0 aliphatic heterocycles. The van der Waals surface area contributed by atoms with Crippen LogP contribution in [0.4, 0.5) is 34.4 Å². The van der Waals surface area contributed by atoms with Gasteiger partial charge in [0.15, 0.2) is 11.6 Å². The SMILES string of the molecule is CC1(C)c2cc(C=Cc3ccc4c(c3)C(C)(C)c3cc(N(c5ccc6ccccc6c5)c5cnccn5)ccc3-4)ccc2-c2ccc(C=Cc3ccc4c(c3)C(C)(C)c3cc(N(c5ccc6ccccc6c5)c5cnccn5)ccc3-4)cc21. The van der Waals surface area contributed by atoms with Crippen molar-refractivity contribution in [2.45, 2.75) is 57.8 Å². The number of benzene rings is 10. The summed E-state index contributed by atoms with van der Waals surface area (Å²) >= 11 is 0. The highest BCUT2D eigenvalue weighted by atomic mass is 15.2. The zero-order valence-electron chi connectivity index (χ0n) is 47.4. The van der Waals surface area contributed by atoms with Crippen molar-refractivity contribution in [2.24, 2.45) is 0 Å². The van der Waals surface area contributed by atoms with Crippen LogP contribution in [0.3, 0.4) is 0 Å². The molecule has 0 spiro atoms. The van der Waals surface area contributed by atoms with Crippen LogP contribution in [0.25, 0.3) is 79.2 Å². The first-order chi connectivity index (χ1) is 40.4. The second-order valence-corrected chi connectivity index (χ2v) is 24.1. The Labute approximate surface area is 485 Å². The van der Waals surface area contributed by atoms with Crippen LogP contribution in [0.2, 0.25) is 0 Å². The van der Waals surface area contributed by atoms with E-state index in [2.05, 4.69) is 280 Å². The summed E-state index contributed by atoms with van der Waals surface area (Å²) in [7, 11) is 0. The molecular weight excluding hydrogens is 1010 g/mol. The molecule has 0 atom stereocenters. The third-order valence-corrected chi connectivity index (χ3v) is 18.1. The van der Waals surface area contributed by atoms with Crippen LogP contribution >= 0.6 is 0 Å². The van der Waals surface area contributed by atoms with Gasteiger partial charge in [-0.05, 0) is 159 Å². The van der Waals surface area contributed by atoms with Gasteiger partial charge in [-0.2, -0.15) is 0 Å². The lowest BCUT2D eigenvalue weighted by Crippen LogP contribution is -2.17. The molecule has 2 aromatic heterocycles. The fourth-order valence-electron chi connectivity index (χ4n) is 13.6. The van der Waals surface area contributed by atoms with Crippen molar-refractivity contribution >= 4 is 80.2 Å². The molecule has 0 fully saturated rings. The van der Waals surface area contributed by atoms with Gasteiger partial charge in [-0.3, -0.25) is 19.8 Å². The Morgan fingerprint density at radius 2 is 0.578 bits per heavy atom. The van der Waals surface area contributed by atoms with Gasteiger partial charge in [0.05, 0.1) is 12.4 Å². The molecule has 12 aromatic rings. The average molecular weight is 1070 g/mol. The van der Waals surface area contributed by atoms with Crippen molar-refractivity contribution in [1.29, 1.82) is 0 Å². The second-order valence-electron chi connectivity index (χ2n) is 24.1. The second kappa shape index (κ2) is 19.0. The normalized spacial score (nSPS) is 14.6. The molecule has 0 saturated heterocycles. The molecule has 6 heteroatoms. The van der Waals surface area contributed by atoms with Gasteiger partial charge in [-0.25, -0.2) is 9.97 Å². The monoisotopic (exact) mass is 1070 g/mol. The molecule has 10 aromatic carbocycles. The molecule has 0 bridgehead atoms. The molecule has 15 rings (SSSR count). The van der Waals surface area contributed by atoms with E-state index in [9.17, 15) is 0 Å². The molecule has 0 N–H and O–H groups in total. The number of rotatable bonds is 10. The van der Waals surface area contributed by atoms with Crippen molar-refractivity contribution in [1.82, 2.24) is 19.9 Å². The summed E-state index contributed by atoms with van der Waals surface area (Å²) in [5, 5.41) is 4.77. The maximum atomic E-state index is 4.78. The molecule has 3 aliphatic rings. The molecule has 398 valence electrons. The highest BCUT2D eigenvalue weighted by Crippen LogP contribution is 2.54. The molecule has 0 saturated carbocycles. The van der Waals surface area contributed by atoms with Crippen LogP contribution in [0.1, 0.15) is 97.2 Å². The predicted octanol–water partition coefficient (Wildman–Crippen LogP) is 19.8. The van der Waals surface area contributed by atoms with Crippen LogP contribution in [0.15, 0.2) is 231 Å². The summed E-state index contributed by atoms with van der Waals surface area (Å²) in [5.74, 6) is 1.56. The van der Waals surface area contributed by atoms with Crippen molar-refractivity contribution in [3.05, 3.63) is 287 Å². The van der Waals surface area contributed by atoms with E-state index in [1.165, 1.54) is 111 Å². The molecule has 0 amide bonds. The van der Waals surface area contributed by atoms with E-state index < -0.39 is 0 Å². The smallest absolute Gasteiger partial charge is 0.156 e. The molecule has 0 radical (unpaired) electrons. The van der Waals surface area contributed by atoms with Crippen molar-refractivity contribution in [3.8, 4) is 33.4 Å². The average Bonchev–Trinajstić information content (AvgIpc) is 3.33. The van der Waals surface area contributed by atoms with Crippen LogP contribution in [0, 0.1) is 0 Å². The number of nitrogens with zero attached hydrogens (tertiary/aromatic N) is 6. The Kier molecular flexibility index (Phi) is 11.5. The fraction of sp³-hybridized carbons (Fsp3) is 0.117. The van der Waals surface area contributed by atoms with Crippen LogP contribution in [0.5, 0.6) is 0 Å². The fourth-order valence-corrected chi connectivity index (χ4v) is 13.6. The van der Waals surface area contributed by atoms with Gasteiger partial charge in [-0.1, -0.05) is 211 Å². The molecule has 2 heterocycles. The lowest BCUT2D eigenvalue weighted by molar-refractivity contribution is 0.660. The summed E-state index contributed by atoms with van der Waals surface area (Å²) in [6.45, 7) is 14.2. The van der Waals surface area contributed by atoms with Crippen LogP contribution in [-0.2, 0) is 16.2 Å². The summed E-state index contributed by atoms with van der Waals surface area (Å²) in [4.78, 5) is 22.9. The zero-order valence-corrected chi connectivity index (χ0v) is 47.4. The molecule has 83 heavy (non-hydrogen) atoms. The van der Waals surface area contributed by atoms with Gasteiger partial charge in [-0.15, -0.1) is 0 Å². The minimum atomic E-state index is -0.224. The molecular formula is C77H60N6. The largest absolute Gasteiger partial charge is 0.294 e. The first-order valence-corrected chi connectivity index (χ1v) is 28.7. The maximum absolute atomic E-state index is 4.78. The standard InChI is InChI=1S/C77H60N6/c1-75(2)67-39-49(15-17-51-21-31-63-65-33-27-59(45-71(65)76(3,4)69(63)41-51)82(73-47-78-35-37-80-73)57-25-23-53-11-7-9-13-55(53)43-57)19-29-61(67)62-30-20-50(40-68(62)75)16-18-52-22-32-64-66-34-28-60(46-72(66)77(5,6)70(64)42-52)83(74-48-79-36-38-81-74)58-26-24-54-12-8-10-14-56(54)44-58/h7-48H,1-6H3. The third kappa shape index (κ3) is 8.30. The van der Waals surface area contributed by atoms with Gasteiger partial charge in [0, 0.05) is 63.8 Å². The number of aromatic nitrogens is 4. The highest BCUT2D eigenvalue weighted by Gasteiger charge is 2.39. The zero-order chi connectivity index (χ0) is 56.2. The minimum absolute atomic E-state index is 0.170. The lowest BCUT2D eigenvalue weighted by atomic mass is 9.81. The third-order valence-electron chi connectivity index (χ3n) is 18.1. The topological polar surface area (TPSA) is 58.0 Å². The number of fused-ring (bicyclic) bond motifs is 11. The van der Waals surface area contributed by atoms with Crippen LogP contribution in [-0.4, -0.2) is 19.9 Å². The Bertz CT molecular complexity index is 4370. The van der Waals surface area contributed by atoms with Gasteiger partial charge in [0.25, 0.3) is 0 Å². The highest BCUT2D eigenvalue weighted by molar-refractivity contribution is 5.93. The number of anilines is 6. The first kappa shape index (κ1) is 50.0. The van der Waals surface area contributed by atoms with E-state index in [4.69, 9.17) is 9.97 Å². The minimum Gasteiger partial charge on any atom is -0.294 e. The number of hydrogen-bond donors (Lipinski definition) is 0. The van der Waals surface area contributed by atoms with E-state index >= 15 is 0 Å². The van der Waals surface area contributed by atoms with E-state index in [0.717, 1.165) is 34.4 Å². The Morgan fingerprint density at radius 3 is 0.904 bits per heavy atom. The quantitative estimate of drug-likeness (QED) is 0.127. The number of hydrogen-bond acceptors (Lipinski definition) is 6. The summed E-state index contributed by atoms with van der Waals surface area (Å²) in [6, 6.07) is 71.8.